The second-order valence-electron chi connectivity index (χ2n) is 5.14. The second-order valence-corrected chi connectivity index (χ2v) is 8.47. The van der Waals surface area contributed by atoms with Crippen molar-refractivity contribution in [2.45, 2.75) is 17.3 Å². The van der Waals surface area contributed by atoms with Gasteiger partial charge >= 0.3 is 15.5 Å². The number of halogens is 4. The highest BCUT2D eigenvalue weighted by atomic mass is 32.2. The van der Waals surface area contributed by atoms with Crippen molar-refractivity contribution >= 4 is 31.4 Å². The molecule has 0 aromatic heterocycles. The Morgan fingerprint density at radius 3 is 1.85 bits per heavy atom. The Morgan fingerprint density at radius 2 is 1.35 bits per heavy atom. The van der Waals surface area contributed by atoms with Crippen molar-refractivity contribution < 1.29 is 34.4 Å². The zero-order valence-corrected chi connectivity index (χ0v) is 14.6. The zero-order valence-electron chi connectivity index (χ0n) is 13.0. The standard InChI is InChI=1S/C14H12F4N2O4S2/c1-9-2-3-10(15)8-13(9)25(21,22)19-11-4-6-12(7-5-11)20-26(23,24)14(16,17)18/h2-8,19-20H,1H3. The Labute approximate surface area is 147 Å². The fourth-order valence-corrected chi connectivity index (χ4v) is 3.77. The van der Waals surface area contributed by atoms with Gasteiger partial charge < -0.3 is 0 Å². The van der Waals surface area contributed by atoms with E-state index in [0.717, 1.165) is 36.4 Å². The molecule has 0 heterocycles. The number of benzene rings is 2. The predicted octanol–water partition coefficient (Wildman–Crippen LogP) is 3.20. The van der Waals surface area contributed by atoms with E-state index in [-0.39, 0.29) is 16.1 Å². The summed E-state index contributed by atoms with van der Waals surface area (Å²) >= 11 is 0. The molecule has 2 aromatic rings. The lowest BCUT2D eigenvalue weighted by Gasteiger charge is -2.12. The van der Waals surface area contributed by atoms with E-state index in [2.05, 4.69) is 4.72 Å². The summed E-state index contributed by atoms with van der Waals surface area (Å²) < 4.78 is 100. The predicted molar refractivity (Wildman–Crippen MR) is 87.0 cm³/mol. The fraction of sp³-hybridized carbons (Fsp3) is 0.143. The molecule has 0 atom stereocenters. The molecule has 0 aliphatic heterocycles. The number of rotatable bonds is 5. The average molecular weight is 412 g/mol. The van der Waals surface area contributed by atoms with Gasteiger partial charge in [-0.15, -0.1) is 0 Å². The lowest BCUT2D eigenvalue weighted by atomic mass is 10.2. The van der Waals surface area contributed by atoms with Crippen LogP contribution >= 0.6 is 0 Å². The van der Waals surface area contributed by atoms with Crippen LogP contribution in [0.5, 0.6) is 0 Å². The van der Waals surface area contributed by atoms with Crippen molar-refractivity contribution in [3.8, 4) is 0 Å². The van der Waals surface area contributed by atoms with Crippen LogP contribution in [0.25, 0.3) is 0 Å². The van der Waals surface area contributed by atoms with Gasteiger partial charge in [0.2, 0.25) is 0 Å². The first kappa shape index (κ1) is 20.0. The fourth-order valence-electron chi connectivity index (χ4n) is 1.89. The molecule has 0 radical (unpaired) electrons. The first-order chi connectivity index (χ1) is 11.8. The van der Waals surface area contributed by atoms with Crippen LogP contribution in [0.1, 0.15) is 5.56 Å². The molecule has 142 valence electrons. The number of hydrogen-bond acceptors (Lipinski definition) is 4. The maximum Gasteiger partial charge on any atom is 0.516 e. The highest BCUT2D eigenvalue weighted by Crippen LogP contribution is 2.26. The van der Waals surface area contributed by atoms with E-state index in [1.807, 2.05) is 0 Å². The summed E-state index contributed by atoms with van der Waals surface area (Å²) in [6.07, 6.45) is 0. The third-order valence-electron chi connectivity index (χ3n) is 3.13. The van der Waals surface area contributed by atoms with Crippen molar-refractivity contribution in [2.75, 3.05) is 9.44 Å². The van der Waals surface area contributed by atoms with Gasteiger partial charge in [-0.1, -0.05) is 6.07 Å². The van der Waals surface area contributed by atoms with Crippen LogP contribution in [-0.2, 0) is 20.0 Å². The molecule has 0 aliphatic rings. The topological polar surface area (TPSA) is 92.3 Å². The molecule has 0 saturated heterocycles. The van der Waals surface area contributed by atoms with E-state index in [0.29, 0.717) is 0 Å². The van der Waals surface area contributed by atoms with E-state index >= 15 is 0 Å². The Balaban J connectivity index is 2.23. The normalized spacial score (nSPS) is 12.7. The van der Waals surface area contributed by atoms with Gasteiger partial charge in [0.25, 0.3) is 10.0 Å². The van der Waals surface area contributed by atoms with Gasteiger partial charge in [0.1, 0.15) is 5.82 Å². The first-order valence-electron chi connectivity index (χ1n) is 6.80. The molecule has 2 rings (SSSR count). The molecule has 0 amide bonds. The van der Waals surface area contributed by atoms with E-state index in [1.165, 1.54) is 17.7 Å². The number of anilines is 2. The molecular formula is C14H12F4N2O4S2. The maximum absolute atomic E-state index is 13.3. The molecular weight excluding hydrogens is 400 g/mol. The van der Waals surface area contributed by atoms with Crippen LogP contribution in [0.15, 0.2) is 47.4 Å². The lowest BCUT2D eigenvalue weighted by molar-refractivity contribution is -0.0429. The van der Waals surface area contributed by atoms with Crippen molar-refractivity contribution in [3.63, 3.8) is 0 Å². The quantitative estimate of drug-likeness (QED) is 0.738. The van der Waals surface area contributed by atoms with Crippen molar-refractivity contribution in [1.82, 2.24) is 0 Å². The second kappa shape index (κ2) is 6.76. The largest absolute Gasteiger partial charge is 0.516 e. The monoisotopic (exact) mass is 412 g/mol. The summed E-state index contributed by atoms with van der Waals surface area (Å²) in [4.78, 5) is -0.306. The molecule has 6 nitrogen and oxygen atoms in total. The summed E-state index contributed by atoms with van der Waals surface area (Å²) in [7, 11) is -9.73. The van der Waals surface area contributed by atoms with Gasteiger partial charge in [-0.3, -0.25) is 9.44 Å². The summed E-state index contributed by atoms with van der Waals surface area (Å²) in [6.45, 7) is 1.46. The van der Waals surface area contributed by atoms with Gasteiger partial charge in [-0.25, -0.2) is 12.8 Å². The Kier molecular flexibility index (Phi) is 5.19. The average Bonchev–Trinajstić information content (AvgIpc) is 2.50. The van der Waals surface area contributed by atoms with Gasteiger partial charge in [0.15, 0.2) is 0 Å². The van der Waals surface area contributed by atoms with Crippen LogP contribution < -0.4 is 9.44 Å². The molecule has 0 aliphatic carbocycles. The smallest absolute Gasteiger partial charge is 0.280 e. The molecule has 0 saturated carbocycles. The number of aryl methyl sites for hydroxylation is 1. The Bertz CT molecular complexity index is 1020. The minimum atomic E-state index is -5.58. The molecule has 0 spiro atoms. The SMILES string of the molecule is Cc1ccc(F)cc1S(=O)(=O)Nc1ccc(NS(=O)(=O)C(F)(F)F)cc1. The molecule has 0 bridgehead atoms. The number of nitrogens with one attached hydrogen (secondary N) is 2. The minimum absolute atomic E-state index is 0.0522. The molecule has 12 heteroatoms. The van der Waals surface area contributed by atoms with Gasteiger partial charge in [-0.05, 0) is 48.9 Å². The van der Waals surface area contributed by atoms with E-state index in [9.17, 15) is 34.4 Å². The van der Waals surface area contributed by atoms with E-state index < -0.39 is 37.1 Å². The molecule has 2 aromatic carbocycles. The summed E-state index contributed by atoms with van der Waals surface area (Å²) in [5, 5.41) is 0. The van der Waals surface area contributed by atoms with Crippen LogP contribution in [0.4, 0.5) is 28.9 Å². The van der Waals surface area contributed by atoms with Crippen molar-refractivity contribution in [2.24, 2.45) is 0 Å². The third kappa shape index (κ3) is 4.43. The number of alkyl halides is 3. The number of hydrogen-bond donors (Lipinski definition) is 2. The molecule has 0 unspecified atom stereocenters. The van der Waals surface area contributed by atoms with Gasteiger partial charge in [0, 0.05) is 11.4 Å². The highest BCUT2D eigenvalue weighted by Gasteiger charge is 2.46. The summed E-state index contributed by atoms with van der Waals surface area (Å²) in [5.74, 6) is -0.757. The summed E-state index contributed by atoms with van der Waals surface area (Å²) in [6, 6.07) is 7.19. The van der Waals surface area contributed by atoms with Crippen LogP contribution in [-0.4, -0.2) is 22.3 Å². The van der Waals surface area contributed by atoms with Crippen molar-refractivity contribution in [3.05, 3.63) is 53.8 Å². The Hall–Kier alpha value is -2.34. The maximum atomic E-state index is 13.3. The number of sulfonamides is 2. The molecule has 0 fully saturated rings. The van der Waals surface area contributed by atoms with Gasteiger partial charge in [0.05, 0.1) is 4.90 Å². The highest BCUT2D eigenvalue weighted by molar-refractivity contribution is 7.93. The zero-order chi connectivity index (χ0) is 19.8. The lowest BCUT2D eigenvalue weighted by Crippen LogP contribution is -2.29. The summed E-state index contributed by atoms with van der Waals surface area (Å²) in [5.41, 5.74) is -5.66. The Morgan fingerprint density at radius 1 is 0.846 bits per heavy atom. The molecule has 2 N–H and O–H groups in total. The first-order valence-corrected chi connectivity index (χ1v) is 9.76. The third-order valence-corrected chi connectivity index (χ3v) is 5.77. The van der Waals surface area contributed by atoms with Crippen LogP contribution in [0, 0.1) is 12.7 Å². The van der Waals surface area contributed by atoms with Gasteiger partial charge in [-0.2, -0.15) is 21.6 Å². The van der Waals surface area contributed by atoms with Crippen LogP contribution in [0.2, 0.25) is 0 Å². The molecule has 26 heavy (non-hydrogen) atoms. The van der Waals surface area contributed by atoms with E-state index in [4.69, 9.17) is 0 Å². The van der Waals surface area contributed by atoms with E-state index in [1.54, 1.807) is 0 Å². The van der Waals surface area contributed by atoms with Crippen LogP contribution in [0.3, 0.4) is 0 Å². The minimum Gasteiger partial charge on any atom is -0.280 e. The van der Waals surface area contributed by atoms with Crippen molar-refractivity contribution in [1.29, 1.82) is 0 Å².